The molecule has 1 aromatic carbocycles. The Morgan fingerprint density at radius 1 is 1.11 bits per heavy atom. The molecule has 2 nitrogen and oxygen atoms in total. The van der Waals surface area contributed by atoms with Crippen molar-refractivity contribution in [3.63, 3.8) is 0 Å². The van der Waals surface area contributed by atoms with E-state index >= 15 is 0 Å². The Kier molecular flexibility index (Phi) is 3.70. The molecule has 0 heterocycles. The fourth-order valence-corrected chi connectivity index (χ4v) is 0.474. The summed E-state index contributed by atoms with van der Waals surface area (Å²) in [7, 11) is 0. The quantitative estimate of drug-likeness (QED) is 0.308. The molecule has 1 aromatic rings. The third-order valence-electron chi connectivity index (χ3n) is 0.893. The van der Waals surface area contributed by atoms with E-state index < -0.39 is 0 Å². The molecule has 1 radical (unpaired) electrons. The Labute approximate surface area is 76.0 Å². The molecule has 0 unspecified atom stereocenters. The zero-order valence-corrected chi connectivity index (χ0v) is 7.33. The summed E-state index contributed by atoms with van der Waals surface area (Å²) in [5, 5.41) is 8.70. The second kappa shape index (κ2) is 3.77. The van der Waals surface area contributed by atoms with Gasteiger partial charge in [0.05, 0.1) is 0 Å². The molecule has 0 aromatic heterocycles. The van der Waals surface area contributed by atoms with Crippen molar-refractivity contribution < 1.29 is 5.11 Å². The van der Waals surface area contributed by atoms with Gasteiger partial charge in [-0.15, -0.1) is 0 Å². The van der Waals surface area contributed by atoms with Crippen molar-refractivity contribution >= 4 is 35.2 Å². The van der Waals surface area contributed by atoms with Gasteiger partial charge in [0.2, 0.25) is 0 Å². The zero-order chi connectivity index (χ0) is 5.98. The van der Waals surface area contributed by atoms with Crippen LogP contribution in [0.3, 0.4) is 0 Å². The number of nitrogens with two attached hydrogens (primary N) is 1. The fourth-order valence-electron chi connectivity index (χ4n) is 0.474. The molecule has 43 valence electrons. The van der Waals surface area contributed by atoms with E-state index in [1.54, 1.807) is 24.3 Å². The fraction of sp³-hybridized carbons (Fsp3) is 0. The smallest absolute Gasteiger partial charge is 0.115 e. The van der Waals surface area contributed by atoms with Crippen molar-refractivity contribution in [3.8, 4) is 5.75 Å². The number of nitrogen functional groups attached to an aromatic ring is 1. The van der Waals surface area contributed by atoms with Crippen molar-refractivity contribution in [1.29, 1.82) is 0 Å². The minimum atomic E-state index is 0. The van der Waals surface area contributed by atoms with Crippen molar-refractivity contribution in [2.45, 2.75) is 0 Å². The number of benzene rings is 1. The zero-order valence-electron chi connectivity index (χ0n) is 5.33. The topological polar surface area (TPSA) is 46.2 Å². The van der Waals surface area contributed by atoms with Crippen LogP contribution in [0.25, 0.3) is 0 Å². The molecule has 0 aliphatic rings. The standard InChI is InChI=1S/C6H7NO.Na/c7-5-1-3-6(8)4-2-5;/h1-4,8H,7H2;. The van der Waals surface area contributed by atoms with E-state index in [2.05, 4.69) is 0 Å². The number of aromatic hydroxyl groups is 1. The monoisotopic (exact) mass is 132 g/mol. The Balaban J connectivity index is 0.000000640. The van der Waals surface area contributed by atoms with E-state index in [4.69, 9.17) is 10.8 Å². The van der Waals surface area contributed by atoms with Crippen molar-refractivity contribution in [1.82, 2.24) is 0 Å². The summed E-state index contributed by atoms with van der Waals surface area (Å²) in [6, 6.07) is 6.40. The number of rotatable bonds is 0. The van der Waals surface area contributed by atoms with Crippen molar-refractivity contribution in [2.24, 2.45) is 0 Å². The molecule has 0 atom stereocenters. The predicted molar refractivity (Wildman–Crippen MR) is 38.3 cm³/mol. The van der Waals surface area contributed by atoms with E-state index in [0.717, 1.165) is 0 Å². The molecular formula is C6H7NNaO. The molecule has 0 bridgehead atoms. The molecule has 9 heavy (non-hydrogen) atoms. The van der Waals surface area contributed by atoms with Crippen LogP contribution >= 0.6 is 0 Å². The third-order valence-corrected chi connectivity index (χ3v) is 0.893. The molecule has 0 aliphatic heterocycles. The number of hydrogen-bond donors (Lipinski definition) is 2. The van der Waals surface area contributed by atoms with E-state index in [0.29, 0.717) is 5.69 Å². The van der Waals surface area contributed by atoms with Gasteiger partial charge in [0.1, 0.15) is 5.75 Å². The second-order valence-corrected chi connectivity index (χ2v) is 1.59. The second-order valence-electron chi connectivity index (χ2n) is 1.59. The molecular weight excluding hydrogens is 125 g/mol. The maximum Gasteiger partial charge on any atom is 0.115 e. The van der Waals surface area contributed by atoms with Crippen LogP contribution in [-0.2, 0) is 0 Å². The Hall–Kier alpha value is -0.180. The summed E-state index contributed by atoms with van der Waals surface area (Å²) >= 11 is 0. The van der Waals surface area contributed by atoms with Crippen LogP contribution in [-0.4, -0.2) is 34.7 Å². The van der Waals surface area contributed by atoms with Gasteiger partial charge in [-0.2, -0.15) is 0 Å². The van der Waals surface area contributed by atoms with Gasteiger partial charge in [-0.3, -0.25) is 0 Å². The Morgan fingerprint density at radius 2 is 1.56 bits per heavy atom. The molecule has 0 saturated heterocycles. The van der Waals surface area contributed by atoms with E-state index in [-0.39, 0.29) is 35.3 Å². The maximum atomic E-state index is 8.70. The van der Waals surface area contributed by atoms with Crippen LogP contribution in [0.5, 0.6) is 5.75 Å². The van der Waals surface area contributed by atoms with Crippen LogP contribution < -0.4 is 5.73 Å². The first-order valence-electron chi connectivity index (χ1n) is 2.33. The van der Waals surface area contributed by atoms with Gasteiger partial charge in [-0.25, -0.2) is 0 Å². The van der Waals surface area contributed by atoms with Crippen molar-refractivity contribution in [3.05, 3.63) is 24.3 Å². The largest absolute Gasteiger partial charge is 0.508 e. The molecule has 0 spiro atoms. The predicted octanol–water partition coefficient (Wildman–Crippen LogP) is 0.594. The van der Waals surface area contributed by atoms with Crippen LogP contribution in [0.1, 0.15) is 0 Å². The van der Waals surface area contributed by atoms with Gasteiger partial charge in [0.25, 0.3) is 0 Å². The van der Waals surface area contributed by atoms with Crippen LogP contribution in [0.15, 0.2) is 24.3 Å². The molecule has 3 N–H and O–H groups in total. The first-order valence-corrected chi connectivity index (χ1v) is 2.33. The normalized spacial score (nSPS) is 8.00. The van der Waals surface area contributed by atoms with Crippen LogP contribution in [0.4, 0.5) is 5.69 Å². The van der Waals surface area contributed by atoms with Gasteiger partial charge in [0, 0.05) is 35.2 Å². The third kappa shape index (κ3) is 2.75. The molecule has 0 saturated carbocycles. The first-order chi connectivity index (χ1) is 3.79. The Bertz CT molecular complexity index is 152. The van der Waals surface area contributed by atoms with Crippen LogP contribution in [0.2, 0.25) is 0 Å². The number of phenols is 1. The summed E-state index contributed by atoms with van der Waals surface area (Å²) in [6.45, 7) is 0. The first kappa shape index (κ1) is 8.82. The van der Waals surface area contributed by atoms with Gasteiger partial charge in [-0.1, -0.05) is 0 Å². The number of phenolic OH excluding ortho intramolecular Hbond substituents is 1. The number of hydrogen-bond acceptors (Lipinski definition) is 2. The minimum Gasteiger partial charge on any atom is -0.508 e. The van der Waals surface area contributed by atoms with Gasteiger partial charge >= 0.3 is 0 Å². The summed E-state index contributed by atoms with van der Waals surface area (Å²) in [4.78, 5) is 0. The molecule has 3 heteroatoms. The van der Waals surface area contributed by atoms with Gasteiger partial charge < -0.3 is 10.8 Å². The van der Waals surface area contributed by atoms with E-state index in [1.165, 1.54) is 0 Å². The molecule has 1 rings (SSSR count). The molecule has 0 amide bonds. The summed E-state index contributed by atoms with van der Waals surface area (Å²) in [5.41, 5.74) is 5.98. The van der Waals surface area contributed by atoms with E-state index in [9.17, 15) is 0 Å². The summed E-state index contributed by atoms with van der Waals surface area (Å²) in [6.07, 6.45) is 0. The van der Waals surface area contributed by atoms with Crippen molar-refractivity contribution in [2.75, 3.05) is 5.73 Å². The SMILES string of the molecule is Nc1ccc(O)cc1.[Na]. The molecule has 0 aliphatic carbocycles. The minimum absolute atomic E-state index is 0. The van der Waals surface area contributed by atoms with Gasteiger partial charge in [-0.05, 0) is 24.3 Å². The average molecular weight is 132 g/mol. The maximum absolute atomic E-state index is 8.70. The van der Waals surface area contributed by atoms with Gasteiger partial charge in [0.15, 0.2) is 0 Å². The number of anilines is 1. The average Bonchev–Trinajstić information content (AvgIpc) is 1.77. The summed E-state index contributed by atoms with van der Waals surface area (Å²) < 4.78 is 0. The summed E-state index contributed by atoms with van der Waals surface area (Å²) in [5.74, 6) is 0.249. The molecule has 0 fully saturated rings. The van der Waals surface area contributed by atoms with Crippen LogP contribution in [0, 0.1) is 0 Å². The van der Waals surface area contributed by atoms with E-state index in [1.807, 2.05) is 0 Å². The Morgan fingerprint density at radius 3 is 1.89 bits per heavy atom.